The van der Waals surface area contributed by atoms with Gasteiger partial charge in [-0.25, -0.2) is 0 Å². The molecule has 1 aromatic carbocycles. The van der Waals surface area contributed by atoms with Gasteiger partial charge in [0.1, 0.15) is 5.75 Å². The molecule has 4 nitrogen and oxygen atoms in total. The first kappa shape index (κ1) is 16.3. The van der Waals surface area contributed by atoms with Crippen LogP contribution in [0.2, 0.25) is 0 Å². The van der Waals surface area contributed by atoms with E-state index in [1.807, 2.05) is 31.2 Å². The van der Waals surface area contributed by atoms with Crippen LogP contribution in [0.3, 0.4) is 0 Å². The van der Waals surface area contributed by atoms with Gasteiger partial charge in [0.2, 0.25) is 0 Å². The van der Waals surface area contributed by atoms with E-state index in [-0.39, 0.29) is 17.1 Å². The third kappa shape index (κ3) is 2.60. The number of carbonyl (C=O) groups excluding carboxylic acids is 1. The zero-order valence-electron chi connectivity index (χ0n) is 14.6. The number of allylic oxidation sites excluding steroid dienone is 4. The van der Waals surface area contributed by atoms with Gasteiger partial charge in [-0.3, -0.25) is 4.79 Å². The topological polar surface area (TPSA) is 62.1 Å². The summed E-state index contributed by atoms with van der Waals surface area (Å²) in [5.74, 6) is 0.463. The second-order valence-corrected chi connectivity index (χ2v) is 7.28. The Labute approximate surface area is 142 Å². The Balaban J connectivity index is 2.23. The lowest BCUT2D eigenvalue weighted by Gasteiger charge is -2.38. The molecule has 0 aromatic heterocycles. The van der Waals surface area contributed by atoms with Gasteiger partial charge in [-0.1, -0.05) is 32.0 Å². The average Bonchev–Trinajstić information content (AvgIpc) is 2.52. The van der Waals surface area contributed by atoms with E-state index < -0.39 is 0 Å². The maximum absolute atomic E-state index is 12.9. The van der Waals surface area contributed by atoms with E-state index in [0.717, 1.165) is 29.0 Å². The van der Waals surface area contributed by atoms with Gasteiger partial charge in [-0.2, -0.15) is 5.26 Å². The van der Waals surface area contributed by atoms with Crippen molar-refractivity contribution in [2.24, 2.45) is 5.41 Å². The van der Waals surface area contributed by atoms with E-state index >= 15 is 0 Å². The molecule has 0 saturated carbocycles. The maximum atomic E-state index is 12.9. The molecular weight excluding hydrogens is 300 g/mol. The Hall–Kier alpha value is -2.54. The number of dihydropyridines is 1. The molecule has 1 heterocycles. The third-order valence-corrected chi connectivity index (χ3v) is 4.81. The molecule has 24 heavy (non-hydrogen) atoms. The number of ether oxygens (including phenoxy) is 1. The molecule has 1 aliphatic carbocycles. The van der Waals surface area contributed by atoms with Crippen LogP contribution in [-0.4, -0.2) is 12.9 Å². The summed E-state index contributed by atoms with van der Waals surface area (Å²) in [6, 6.07) is 9.93. The highest BCUT2D eigenvalue weighted by Crippen LogP contribution is 2.47. The highest BCUT2D eigenvalue weighted by Gasteiger charge is 2.41. The van der Waals surface area contributed by atoms with E-state index in [4.69, 9.17) is 4.74 Å². The van der Waals surface area contributed by atoms with Crippen molar-refractivity contribution in [2.75, 3.05) is 7.11 Å². The maximum Gasteiger partial charge on any atom is 0.162 e. The average molecular weight is 322 g/mol. The first-order valence-corrected chi connectivity index (χ1v) is 8.15. The SMILES string of the molecule is COc1ccccc1[C@@H]1C(C#N)=C(C)NC2=C1C(=O)CC(C)(C)C2. The highest BCUT2D eigenvalue weighted by atomic mass is 16.5. The van der Waals surface area contributed by atoms with Crippen LogP contribution in [-0.2, 0) is 4.79 Å². The quantitative estimate of drug-likeness (QED) is 0.899. The van der Waals surface area contributed by atoms with Crippen molar-refractivity contribution in [3.63, 3.8) is 0 Å². The molecule has 1 atom stereocenters. The molecule has 0 fully saturated rings. The molecule has 2 aliphatic rings. The molecule has 0 unspecified atom stereocenters. The lowest BCUT2D eigenvalue weighted by Crippen LogP contribution is -2.36. The van der Waals surface area contributed by atoms with Crippen molar-refractivity contribution < 1.29 is 9.53 Å². The van der Waals surface area contributed by atoms with Gasteiger partial charge >= 0.3 is 0 Å². The molecule has 4 heteroatoms. The number of methoxy groups -OCH3 is 1. The van der Waals surface area contributed by atoms with Crippen molar-refractivity contribution in [1.82, 2.24) is 5.32 Å². The predicted octanol–water partition coefficient (Wildman–Crippen LogP) is 3.82. The number of Topliss-reactive ketones (excluding diaryl/α,β-unsaturated/α-hetero) is 1. The van der Waals surface area contributed by atoms with Gasteiger partial charge < -0.3 is 10.1 Å². The number of benzene rings is 1. The van der Waals surface area contributed by atoms with Crippen LogP contribution in [0.4, 0.5) is 0 Å². The Bertz CT molecular complexity index is 809. The van der Waals surface area contributed by atoms with Gasteiger partial charge in [0.25, 0.3) is 0 Å². The van der Waals surface area contributed by atoms with Crippen molar-refractivity contribution in [1.29, 1.82) is 5.26 Å². The van der Waals surface area contributed by atoms with Crippen LogP contribution in [0.15, 0.2) is 46.8 Å². The van der Waals surface area contributed by atoms with Crippen LogP contribution >= 0.6 is 0 Å². The number of nitrogens with one attached hydrogen (secondary N) is 1. The highest BCUT2D eigenvalue weighted by molar-refractivity contribution is 6.00. The molecule has 0 bridgehead atoms. The summed E-state index contributed by atoms with van der Waals surface area (Å²) in [4.78, 5) is 12.9. The summed E-state index contributed by atoms with van der Waals surface area (Å²) in [5.41, 5.74) is 3.88. The first-order valence-electron chi connectivity index (χ1n) is 8.15. The fourth-order valence-corrected chi connectivity index (χ4v) is 3.80. The minimum atomic E-state index is -0.356. The van der Waals surface area contributed by atoms with E-state index in [2.05, 4.69) is 25.2 Å². The Morgan fingerprint density at radius 2 is 2.00 bits per heavy atom. The number of hydrogen-bond acceptors (Lipinski definition) is 4. The van der Waals surface area contributed by atoms with Crippen molar-refractivity contribution in [2.45, 2.75) is 39.5 Å². The van der Waals surface area contributed by atoms with Crippen molar-refractivity contribution >= 4 is 5.78 Å². The van der Waals surface area contributed by atoms with Gasteiger partial charge in [-0.05, 0) is 24.8 Å². The molecule has 1 aliphatic heterocycles. The molecule has 0 radical (unpaired) electrons. The van der Waals surface area contributed by atoms with E-state index in [1.54, 1.807) is 7.11 Å². The monoisotopic (exact) mass is 322 g/mol. The summed E-state index contributed by atoms with van der Waals surface area (Å²) in [7, 11) is 1.61. The molecule has 3 rings (SSSR count). The zero-order chi connectivity index (χ0) is 17.5. The van der Waals surface area contributed by atoms with Crippen LogP contribution in [0.1, 0.15) is 45.1 Å². The number of nitrogens with zero attached hydrogens (tertiary/aromatic N) is 1. The number of ketones is 1. The van der Waals surface area contributed by atoms with Crippen LogP contribution < -0.4 is 10.1 Å². The Morgan fingerprint density at radius 1 is 1.29 bits per heavy atom. The fourth-order valence-electron chi connectivity index (χ4n) is 3.80. The molecule has 0 amide bonds. The van der Waals surface area contributed by atoms with Crippen LogP contribution in [0.25, 0.3) is 0 Å². The van der Waals surface area contributed by atoms with Gasteiger partial charge in [0.05, 0.1) is 24.7 Å². The molecular formula is C20H22N2O2. The Kier molecular flexibility index (Phi) is 3.96. The summed E-state index contributed by atoms with van der Waals surface area (Å²) in [6.07, 6.45) is 1.30. The van der Waals surface area contributed by atoms with Crippen LogP contribution in [0.5, 0.6) is 5.75 Å². The lowest BCUT2D eigenvalue weighted by molar-refractivity contribution is -0.118. The standard InChI is InChI=1S/C20H22N2O2/c1-12-14(11-21)18(13-7-5-6-8-17(13)24-4)19-15(22-12)9-20(2,3)10-16(19)23/h5-8,18,22H,9-10H2,1-4H3/t18-/m1/s1. The van der Waals surface area contributed by atoms with Crippen molar-refractivity contribution in [3.05, 3.63) is 52.4 Å². The number of carbonyl (C=O) groups is 1. The predicted molar refractivity (Wildman–Crippen MR) is 92.2 cm³/mol. The van der Waals surface area contributed by atoms with Crippen LogP contribution in [0, 0.1) is 16.7 Å². The summed E-state index contributed by atoms with van der Waals surface area (Å²) < 4.78 is 5.50. The Morgan fingerprint density at radius 3 is 2.67 bits per heavy atom. The van der Waals surface area contributed by atoms with Gasteiger partial charge in [-0.15, -0.1) is 0 Å². The largest absolute Gasteiger partial charge is 0.496 e. The van der Waals surface area contributed by atoms with E-state index in [0.29, 0.717) is 17.7 Å². The summed E-state index contributed by atoms with van der Waals surface area (Å²) in [6.45, 7) is 6.11. The molecule has 124 valence electrons. The second kappa shape index (κ2) is 5.83. The number of para-hydroxylation sites is 1. The minimum Gasteiger partial charge on any atom is -0.496 e. The lowest BCUT2D eigenvalue weighted by atomic mass is 9.68. The first-order chi connectivity index (χ1) is 11.4. The number of nitriles is 1. The number of hydrogen-bond donors (Lipinski definition) is 1. The summed E-state index contributed by atoms with van der Waals surface area (Å²) in [5, 5.41) is 13.0. The molecule has 1 N–H and O–H groups in total. The molecule has 0 saturated heterocycles. The minimum absolute atomic E-state index is 0.0708. The normalized spacial score (nSPS) is 22.6. The molecule has 0 spiro atoms. The number of rotatable bonds is 2. The van der Waals surface area contributed by atoms with E-state index in [1.165, 1.54) is 0 Å². The molecule has 1 aromatic rings. The van der Waals surface area contributed by atoms with Gasteiger partial charge in [0, 0.05) is 29.0 Å². The fraction of sp³-hybridized carbons (Fsp3) is 0.400. The van der Waals surface area contributed by atoms with Crippen molar-refractivity contribution in [3.8, 4) is 11.8 Å². The van der Waals surface area contributed by atoms with E-state index in [9.17, 15) is 10.1 Å². The zero-order valence-corrected chi connectivity index (χ0v) is 14.6. The smallest absolute Gasteiger partial charge is 0.162 e. The summed E-state index contributed by atoms with van der Waals surface area (Å²) >= 11 is 0. The van der Waals surface area contributed by atoms with Gasteiger partial charge in [0.15, 0.2) is 5.78 Å². The second-order valence-electron chi connectivity index (χ2n) is 7.28. The third-order valence-electron chi connectivity index (χ3n) is 4.81.